The second kappa shape index (κ2) is 12.6. The number of aromatic nitrogens is 3. The summed E-state index contributed by atoms with van der Waals surface area (Å²) in [7, 11) is 0. The Morgan fingerprint density at radius 2 is 0.873 bits per heavy atom. The largest absolute Gasteiger partial charge is 0.278 e. The summed E-state index contributed by atoms with van der Waals surface area (Å²) in [4.78, 5) is 10.5. The normalized spacial score (nSPS) is 11.6. The van der Waals surface area contributed by atoms with Crippen molar-refractivity contribution in [1.29, 1.82) is 0 Å². The Morgan fingerprint density at radius 3 is 1.64 bits per heavy atom. The van der Waals surface area contributed by atoms with E-state index in [0.29, 0.717) is 5.95 Å². The molecule has 0 fully saturated rings. The van der Waals surface area contributed by atoms with E-state index in [2.05, 4.69) is 193 Å². The highest BCUT2D eigenvalue weighted by Gasteiger charge is 2.19. The predicted molar refractivity (Wildman–Crippen MR) is 231 cm³/mol. The molecule has 9 aromatic carbocycles. The van der Waals surface area contributed by atoms with Gasteiger partial charge in [-0.3, -0.25) is 4.57 Å². The standard InChI is InChI=1S/C52H33N3/c1-3-13-37(14-4-1)47-33-48(38-15-5-2-6-16-38)54-52(53-47)55-49-21-10-9-19-45(49)51-46-32-40(26-24-36(46)28-29-50(51)55)39-25-22-34-23-27-41(31-42(34)30-39)44-20-11-17-35-12-7-8-18-43(35)44/h1-33H. The summed E-state index contributed by atoms with van der Waals surface area (Å²) >= 11 is 0. The van der Waals surface area contributed by atoms with Crippen molar-refractivity contribution in [3.05, 3.63) is 200 Å². The van der Waals surface area contributed by atoms with E-state index < -0.39 is 0 Å². The van der Waals surface area contributed by atoms with Gasteiger partial charge in [0.15, 0.2) is 0 Å². The number of para-hydroxylation sites is 1. The van der Waals surface area contributed by atoms with Gasteiger partial charge in [0, 0.05) is 21.9 Å². The molecule has 0 saturated carbocycles. The van der Waals surface area contributed by atoms with E-state index in [1.165, 1.54) is 65.3 Å². The maximum atomic E-state index is 5.24. The molecule has 3 nitrogen and oxygen atoms in total. The molecule has 11 aromatic rings. The zero-order chi connectivity index (χ0) is 36.3. The molecule has 0 aliphatic rings. The van der Waals surface area contributed by atoms with Gasteiger partial charge in [0.2, 0.25) is 5.95 Å². The fraction of sp³-hybridized carbons (Fsp3) is 0. The van der Waals surface area contributed by atoms with Crippen molar-refractivity contribution in [2.45, 2.75) is 0 Å². The molecule has 256 valence electrons. The highest BCUT2D eigenvalue weighted by atomic mass is 15.2. The van der Waals surface area contributed by atoms with Crippen LogP contribution in [0.2, 0.25) is 0 Å². The molecular formula is C52H33N3. The number of hydrogen-bond acceptors (Lipinski definition) is 2. The first-order valence-corrected chi connectivity index (χ1v) is 18.7. The maximum absolute atomic E-state index is 5.24. The lowest BCUT2D eigenvalue weighted by Gasteiger charge is -2.12. The molecule has 11 rings (SSSR count). The molecule has 0 amide bonds. The quantitative estimate of drug-likeness (QED) is 0.179. The summed E-state index contributed by atoms with van der Waals surface area (Å²) in [5.41, 5.74) is 10.9. The topological polar surface area (TPSA) is 30.7 Å². The molecule has 0 radical (unpaired) electrons. The van der Waals surface area contributed by atoms with Crippen LogP contribution in [0.4, 0.5) is 0 Å². The van der Waals surface area contributed by atoms with Crippen molar-refractivity contribution in [1.82, 2.24) is 14.5 Å². The Kier molecular flexibility index (Phi) is 7.17. The third kappa shape index (κ3) is 5.28. The summed E-state index contributed by atoms with van der Waals surface area (Å²) in [5, 5.41) is 9.75. The molecule has 0 unspecified atom stereocenters. The van der Waals surface area contributed by atoms with Crippen molar-refractivity contribution in [2.75, 3.05) is 0 Å². The van der Waals surface area contributed by atoms with E-state index in [4.69, 9.17) is 9.97 Å². The van der Waals surface area contributed by atoms with Gasteiger partial charge in [-0.25, -0.2) is 9.97 Å². The summed E-state index contributed by atoms with van der Waals surface area (Å²) in [5.74, 6) is 0.651. The number of fused-ring (bicyclic) bond motifs is 7. The van der Waals surface area contributed by atoms with Crippen LogP contribution in [0.3, 0.4) is 0 Å². The Labute approximate surface area is 318 Å². The molecular weight excluding hydrogens is 667 g/mol. The van der Waals surface area contributed by atoms with Gasteiger partial charge >= 0.3 is 0 Å². The van der Waals surface area contributed by atoms with Gasteiger partial charge in [0.05, 0.1) is 22.4 Å². The molecule has 0 saturated heterocycles. The lowest BCUT2D eigenvalue weighted by molar-refractivity contribution is 0.996. The predicted octanol–water partition coefficient (Wildman–Crippen LogP) is 13.7. The molecule has 2 aromatic heterocycles. The Balaban J connectivity index is 1.09. The van der Waals surface area contributed by atoms with Gasteiger partial charge in [-0.2, -0.15) is 0 Å². The zero-order valence-electron chi connectivity index (χ0n) is 29.9. The van der Waals surface area contributed by atoms with Gasteiger partial charge in [-0.15, -0.1) is 0 Å². The van der Waals surface area contributed by atoms with Gasteiger partial charge in [0.1, 0.15) is 0 Å². The average Bonchev–Trinajstić information content (AvgIpc) is 3.61. The minimum atomic E-state index is 0.651. The number of nitrogens with zero attached hydrogens (tertiary/aromatic N) is 3. The summed E-state index contributed by atoms with van der Waals surface area (Å²) in [6.07, 6.45) is 0. The monoisotopic (exact) mass is 699 g/mol. The van der Waals surface area contributed by atoms with Crippen LogP contribution in [0.15, 0.2) is 200 Å². The number of hydrogen-bond donors (Lipinski definition) is 0. The van der Waals surface area contributed by atoms with E-state index in [1.54, 1.807) is 0 Å². The zero-order valence-corrected chi connectivity index (χ0v) is 29.9. The molecule has 0 spiro atoms. The molecule has 55 heavy (non-hydrogen) atoms. The second-order valence-electron chi connectivity index (χ2n) is 14.2. The van der Waals surface area contributed by atoms with E-state index in [-0.39, 0.29) is 0 Å². The first kappa shape index (κ1) is 31.2. The van der Waals surface area contributed by atoms with Gasteiger partial charge in [0.25, 0.3) is 0 Å². The van der Waals surface area contributed by atoms with Crippen molar-refractivity contribution < 1.29 is 0 Å². The first-order valence-electron chi connectivity index (χ1n) is 18.7. The summed E-state index contributed by atoms with van der Waals surface area (Å²) in [6.45, 7) is 0. The molecule has 0 bridgehead atoms. The van der Waals surface area contributed by atoms with Crippen LogP contribution in [0, 0.1) is 0 Å². The van der Waals surface area contributed by atoms with Crippen molar-refractivity contribution in [3.63, 3.8) is 0 Å². The van der Waals surface area contributed by atoms with Crippen LogP contribution in [0.25, 0.3) is 105 Å². The third-order valence-electron chi connectivity index (χ3n) is 11.0. The van der Waals surface area contributed by atoms with E-state index in [9.17, 15) is 0 Å². The summed E-state index contributed by atoms with van der Waals surface area (Å²) in [6, 6.07) is 71.6. The van der Waals surface area contributed by atoms with Crippen LogP contribution in [0.5, 0.6) is 0 Å². The van der Waals surface area contributed by atoms with E-state index in [1.807, 2.05) is 12.1 Å². The molecule has 3 heteroatoms. The molecule has 0 N–H and O–H groups in total. The number of rotatable bonds is 5. The fourth-order valence-electron chi connectivity index (χ4n) is 8.30. The Hall–Kier alpha value is -7.36. The first-order chi connectivity index (χ1) is 27.2. The van der Waals surface area contributed by atoms with E-state index >= 15 is 0 Å². The van der Waals surface area contributed by atoms with E-state index in [0.717, 1.165) is 33.5 Å². The molecule has 2 heterocycles. The third-order valence-corrected chi connectivity index (χ3v) is 11.0. The van der Waals surface area contributed by atoms with Gasteiger partial charge < -0.3 is 0 Å². The smallest absolute Gasteiger partial charge is 0.235 e. The lowest BCUT2D eigenvalue weighted by Crippen LogP contribution is -2.03. The van der Waals surface area contributed by atoms with Crippen LogP contribution in [0.1, 0.15) is 0 Å². The number of benzene rings is 9. The van der Waals surface area contributed by atoms with Crippen molar-refractivity contribution in [2.24, 2.45) is 0 Å². The Morgan fingerprint density at radius 1 is 0.309 bits per heavy atom. The van der Waals surface area contributed by atoms with Crippen molar-refractivity contribution in [3.8, 4) is 50.7 Å². The van der Waals surface area contributed by atoms with Gasteiger partial charge in [-0.1, -0.05) is 164 Å². The minimum Gasteiger partial charge on any atom is -0.278 e. The van der Waals surface area contributed by atoms with Crippen LogP contribution in [-0.4, -0.2) is 14.5 Å². The average molecular weight is 700 g/mol. The fourth-order valence-corrected chi connectivity index (χ4v) is 8.30. The molecule has 0 aliphatic carbocycles. The highest BCUT2D eigenvalue weighted by molar-refractivity contribution is 6.21. The van der Waals surface area contributed by atoms with Gasteiger partial charge in [-0.05, 0) is 91.0 Å². The van der Waals surface area contributed by atoms with Crippen LogP contribution in [-0.2, 0) is 0 Å². The highest BCUT2D eigenvalue weighted by Crippen LogP contribution is 2.39. The van der Waals surface area contributed by atoms with Crippen LogP contribution >= 0.6 is 0 Å². The maximum Gasteiger partial charge on any atom is 0.235 e. The molecule has 0 aliphatic heterocycles. The van der Waals surface area contributed by atoms with Crippen LogP contribution < -0.4 is 0 Å². The molecule has 0 atom stereocenters. The lowest BCUT2D eigenvalue weighted by atomic mass is 9.94. The summed E-state index contributed by atoms with van der Waals surface area (Å²) < 4.78 is 2.24. The van der Waals surface area contributed by atoms with Crippen molar-refractivity contribution >= 4 is 54.1 Å². The SMILES string of the molecule is c1ccc(-c2cc(-c3ccccc3)nc(-n3c4ccccc4c4c5cc(-c6ccc7ccc(-c8cccc9ccccc89)cc7c6)ccc5ccc43)n2)cc1. The second-order valence-corrected chi connectivity index (χ2v) is 14.2. The Bertz CT molecular complexity index is 3190. The minimum absolute atomic E-state index is 0.651.